The number of benzene rings is 2. The Kier molecular flexibility index (Phi) is 3.75. The Morgan fingerprint density at radius 3 is 2.58 bits per heavy atom. The number of carboxylic acid groups (broad SMARTS) is 1. The highest BCUT2D eigenvalue weighted by Crippen LogP contribution is 2.48. The third-order valence-corrected chi connectivity index (χ3v) is 5.21. The monoisotopic (exact) mass is 323 g/mol. The topological polar surface area (TPSA) is 66.4 Å². The summed E-state index contributed by atoms with van der Waals surface area (Å²) in [6.07, 6.45) is 3.54. The number of nitrogens with one attached hydrogen (secondary N) is 1. The van der Waals surface area contributed by atoms with Crippen LogP contribution in [0.25, 0.3) is 10.8 Å². The molecule has 0 heterocycles. The molecule has 24 heavy (non-hydrogen) atoms. The van der Waals surface area contributed by atoms with Gasteiger partial charge in [-0.25, -0.2) is 4.79 Å². The Bertz CT molecular complexity index is 796. The van der Waals surface area contributed by atoms with E-state index in [1.54, 1.807) is 0 Å². The van der Waals surface area contributed by atoms with Crippen LogP contribution in [0.2, 0.25) is 0 Å². The molecule has 1 amide bonds. The van der Waals surface area contributed by atoms with Crippen LogP contribution in [0.4, 0.5) is 0 Å². The molecular formula is C20H21NO3. The summed E-state index contributed by atoms with van der Waals surface area (Å²) >= 11 is 0. The standard InChI is InChI=1S/C20H21NO3/c22-19(21-18(20(23)24)9-12-5-6-12)17-11-16(17)15-8-7-13-3-1-2-4-14(13)10-15/h1-4,7-8,10,12,16-18H,5-6,9,11H2,(H,21,22)(H,23,24). The molecule has 0 radical (unpaired) electrons. The Morgan fingerprint density at radius 2 is 1.88 bits per heavy atom. The molecule has 4 rings (SSSR count). The maximum absolute atomic E-state index is 12.4. The molecule has 3 atom stereocenters. The van der Waals surface area contributed by atoms with Crippen molar-refractivity contribution >= 4 is 22.6 Å². The fourth-order valence-corrected chi connectivity index (χ4v) is 3.48. The summed E-state index contributed by atoms with van der Waals surface area (Å²) in [6, 6.07) is 13.8. The van der Waals surface area contributed by atoms with Gasteiger partial charge in [0.1, 0.15) is 6.04 Å². The van der Waals surface area contributed by atoms with Crippen molar-refractivity contribution in [3.63, 3.8) is 0 Å². The van der Waals surface area contributed by atoms with Crippen molar-refractivity contribution in [2.75, 3.05) is 0 Å². The molecule has 0 saturated heterocycles. The van der Waals surface area contributed by atoms with Crippen LogP contribution < -0.4 is 5.32 Å². The van der Waals surface area contributed by atoms with E-state index in [4.69, 9.17) is 0 Å². The molecule has 0 spiro atoms. The van der Waals surface area contributed by atoms with Crippen LogP contribution >= 0.6 is 0 Å². The Hall–Kier alpha value is -2.36. The molecule has 4 nitrogen and oxygen atoms in total. The van der Waals surface area contributed by atoms with E-state index in [0.717, 1.165) is 19.3 Å². The molecule has 2 fully saturated rings. The van der Waals surface area contributed by atoms with Gasteiger partial charge in [0, 0.05) is 5.92 Å². The van der Waals surface area contributed by atoms with Gasteiger partial charge in [0.2, 0.25) is 5.91 Å². The molecule has 2 N–H and O–H groups in total. The van der Waals surface area contributed by atoms with Gasteiger partial charge >= 0.3 is 5.97 Å². The Labute approximate surface area is 140 Å². The third kappa shape index (κ3) is 3.14. The van der Waals surface area contributed by atoms with Crippen LogP contribution in [0.1, 0.15) is 37.2 Å². The fraction of sp³-hybridized carbons (Fsp3) is 0.400. The first kappa shape index (κ1) is 15.2. The summed E-state index contributed by atoms with van der Waals surface area (Å²) in [5, 5.41) is 14.4. The maximum Gasteiger partial charge on any atom is 0.326 e. The number of carboxylic acids is 1. The SMILES string of the molecule is O=C(O)C(CC1CC1)NC(=O)C1CC1c1ccc2ccccc2c1. The van der Waals surface area contributed by atoms with Crippen LogP contribution in [-0.2, 0) is 9.59 Å². The molecule has 124 valence electrons. The van der Waals surface area contributed by atoms with E-state index in [-0.39, 0.29) is 17.7 Å². The minimum atomic E-state index is -0.918. The van der Waals surface area contributed by atoms with Gasteiger partial charge in [-0.05, 0) is 41.0 Å². The van der Waals surface area contributed by atoms with Gasteiger partial charge in [0.25, 0.3) is 0 Å². The van der Waals surface area contributed by atoms with E-state index in [1.165, 1.54) is 16.3 Å². The zero-order chi connectivity index (χ0) is 16.7. The molecular weight excluding hydrogens is 302 g/mol. The highest BCUT2D eigenvalue weighted by Gasteiger charge is 2.45. The number of rotatable bonds is 6. The number of aliphatic carboxylic acids is 1. The minimum Gasteiger partial charge on any atom is -0.480 e. The average Bonchev–Trinajstić information content (AvgIpc) is 3.47. The lowest BCUT2D eigenvalue weighted by Gasteiger charge is -2.14. The Balaban J connectivity index is 1.42. The molecule has 4 heteroatoms. The van der Waals surface area contributed by atoms with E-state index in [9.17, 15) is 14.7 Å². The lowest BCUT2D eigenvalue weighted by Crippen LogP contribution is -2.42. The van der Waals surface area contributed by atoms with Crippen molar-refractivity contribution in [2.24, 2.45) is 11.8 Å². The van der Waals surface area contributed by atoms with Crippen molar-refractivity contribution in [1.82, 2.24) is 5.32 Å². The summed E-state index contributed by atoms with van der Waals surface area (Å²) in [7, 11) is 0. The van der Waals surface area contributed by atoms with E-state index in [1.807, 2.05) is 12.1 Å². The molecule has 2 aromatic rings. The molecule has 2 aromatic carbocycles. The summed E-state index contributed by atoms with van der Waals surface area (Å²) in [5.74, 6) is -0.432. The summed E-state index contributed by atoms with van der Waals surface area (Å²) < 4.78 is 0. The van der Waals surface area contributed by atoms with Crippen molar-refractivity contribution in [1.29, 1.82) is 0 Å². The molecule has 0 aromatic heterocycles. The number of hydrogen-bond acceptors (Lipinski definition) is 2. The third-order valence-electron chi connectivity index (χ3n) is 5.21. The van der Waals surface area contributed by atoms with Gasteiger partial charge < -0.3 is 10.4 Å². The van der Waals surface area contributed by atoms with Crippen molar-refractivity contribution in [3.05, 3.63) is 48.0 Å². The second-order valence-electron chi connectivity index (χ2n) is 7.13. The minimum absolute atomic E-state index is 0.0905. The summed E-state index contributed by atoms with van der Waals surface area (Å²) in [5.41, 5.74) is 1.17. The second kappa shape index (κ2) is 5.93. The summed E-state index contributed by atoms with van der Waals surface area (Å²) in [6.45, 7) is 0. The van der Waals surface area contributed by atoms with E-state index in [2.05, 4.69) is 35.6 Å². The van der Waals surface area contributed by atoms with E-state index < -0.39 is 12.0 Å². The van der Waals surface area contributed by atoms with Crippen LogP contribution in [0.3, 0.4) is 0 Å². The van der Waals surface area contributed by atoms with E-state index >= 15 is 0 Å². The first-order valence-electron chi connectivity index (χ1n) is 8.63. The van der Waals surface area contributed by atoms with Crippen molar-refractivity contribution in [3.8, 4) is 0 Å². The Morgan fingerprint density at radius 1 is 1.12 bits per heavy atom. The molecule has 3 unspecified atom stereocenters. The molecule has 2 aliphatic rings. The molecule has 2 aliphatic carbocycles. The van der Waals surface area contributed by atoms with Gasteiger partial charge in [-0.2, -0.15) is 0 Å². The quantitative estimate of drug-likeness (QED) is 0.857. The normalized spacial score (nSPS) is 23.7. The zero-order valence-electron chi connectivity index (χ0n) is 13.4. The number of hydrogen-bond donors (Lipinski definition) is 2. The van der Waals surface area contributed by atoms with Crippen LogP contribution in [0.5, 0.6) is 0 Å². The smallest absolute Gasteiger partial charge is 0.326 e. The second-order valence-corrected chi connectivity index (χ2v) is 7.13. The maximum atomic E-state index is 12.4. The highest BCUT2D eigenvalue weighted by molar-refractivity contribution is 5.88. The van der Waals surface area contributed by atoms with Crippen LogP contribution in [0.15, 0.2) is 42.5 Å². The average molecular weight is 323 g/mol. The fourth-order valence-electron chi connectivity index (χ4n) is 3.48. The largest absolute Gasteiger partial charge is 0.480 e. The number of amides is 1. The van der Waals surface area contributed by atoms with Gasteiger partial charge in [-0.3, -0.25) is 4.79 Å². The predicted octanol–water partition coefficient (Wildman–Crippen LogP) is 3.31. The zero-order valence-corrected chi connectivity index (χ0v) is 13.4. The van der Waals surface area contributed by atoms with Gasteiger partial charge in [0.05, 0.1) is 0 Å². The first-order chi connectivity index (χ1) is 11.6. The summed E-state index contributed by atoms with van der Waals surface area (Å²) in [4.78, 5) is 23.7. The van der Waals surface area contributed by atoms with Gasteiger partial charge in [0.15, 0.2) is 0 Å². The molecule has 0 aliphatic heterocycles. The van der Waals surface area contributed by atoms with E-state index in [0.29, 0.717) is 12.3 Å². The first-order valence-corrected chi connectivity index (χ1v) is 8.63. The molecule has 0 bridgehead atoms. The van der Waals surface area contributed by atoms with Gasteiger partial charge in [-0.1, -0.05) is 55.3 Å². The number of fused-ring (bicyclic) bond motifs is 1. The van der Waals surface area contributed by atoms with Crippen molar-refractivity contribution < 1.29 is 14.7 Å². The lowest BCUT2D eigenvalue weighted by atomic mass is 10.0. The van der Waals surface area contributed by atoms with Crippen LogP contribution in [-0.4, -0.2) is 23.0 Å². The number of carbonyl (C=O) groups is 2. The number of carbonyl (C=O) groups excluding carboxylic acids is 1. The van der Waals surface area contributed by atoms with Crippen LogP contribution in [0, 0.1) is 11.8 Å². The lowest BCUT2D eigenvalue weighted by molar-refractivity contribution is -0.142. The molecule has 2 saturated carbocycles. The predicted molar refractivity (Wildman–Crippen MR) is 91.7 cm³/mol. The van der Waals surface area contributed by atoms with Crippen molar-refractivity contribution in [2.45, 2.75) is 37.6 Å². The van der Waals surface area contributed by atoms with Gasteiger partial charge in [-0.15, -0.1) is 0 Å². The highest BCUT2D eigenvalue weighted by atomic mass is 16.4.